The third-order valence-electron chi connectivity index (χ3n) is 5.93. The lowest BCUT2D eigenvalue weighted by Crippen LogP contribution is -2.29. The standard InChI is InChI=1S/C30H29FN2O4S/c1-18(2)37-26(30(35)36)16-20-9-14-25(21-10-12-24(31)13-11-21)23(15-20)17-32-28(34)27-19(3)38-29(33-27)22-7-5-4-6-8-22/h4-15,18,26H,16-17H2,1-3H3,(H,32,34)(H,35,36). The number of amides is 1. The first kappa shape index (κ1) is 27.2. The number of hydrogen-bond donors (Lipinski definition) is 2. The van der Waals surface area contributed by atoms with Crippen LogP contribution >= 0.6 is 11.3 Å². The first-order valence-electron chi connectivity index (χ1n) is 12.3. The van der Waals surface area contributed by atoms with Crippen molar-refractivity contribution in [3.8, 4) is 21.7 Å². The summed E-state index contributed by atoms with van der Waals surface area (Å²) in [5.74, 6) is -1.68. The topological polar surface area (TPSA) is 88.5 Å². The zero-order chi connectivity index (χ0) is 27.2. The molecule has 2 N–H and O–H groups in total. The monoisotopic (exact) mass is 532 g/mol. The number of ether oxygens (including phenoxy) is 1. The fourth-order valence-corrected chi connectivity index (χ4v) is 5.05. The van der Waals surface area contributed by atoms with Crippen molar-refractivity contribution in [2.75, 3.05) is 0 Å². The summed E-state index contributed by atoms with van der Waals surface area (Å²) >= 11 is 1.46. The number of carbonyl (C=O) groups excluding carboxylic acids is 1. The van der Waals surface area contributed by atoms with E-state index in [4.69, 9.17) is 4.74 Å². The van der Waals surface area contributed by atoms with Crippen LogP contribution in [0, 0.1) is 12.7 Å². The van der Waals surface area contributed by atoms with Gasteiger partial charge in [0, 0.05) is 23.4 Å². The Kier molecular flexibility index (Phi) is 8.66. The zero-order valence-electron chi connectivity index (χ0n) is 21.4. The van der Waals surface area contributed by atoms with Crippen molar-refractivity contribution in [2.24, 2.45) is 0 Å². The number of carboxylic acids is 1. The van der Waals surface area contributed by atoms with Gasteiger partial charge in [-0.25, -0.2) is 14.2 Å². The number of nitrogens with one attached hydrogen (secondary N) is 1. The first-order chi connectivity index (χ1) is 18.2. The molecule has 1 unspecified atom stereocenters. The van der Waals surface area contributed by atoms with E-state index in [1.54, 1.807) is 26.0 Å². The Morgan fingerprint density at radius 1 is 1.03 bits per heavy atom. The van der Waals surface area contributed by atoms with Gasteiger partial charge >= 0.3 is 5.97 Å². The summed E-state index contributed by atoms with van der Waals surface area (Å²) in [5, 5.41) is 13.3. The van der Waals surface area contributed by atoms with E-state index in [0.717, 1.165) is 37.7 Å². The number of hydrogen-bond acceptors (Lipinski definition) is 5. The molecule has 0 bridgehead atoms. The van der Waals surface area contributed by atoms with E-state index in [9.17, 15) is 19.1 Å². The second kappa shape index (κ2) is 12.1. The van der Waals surface area contributed by atoms with Crippen LogP contribution < -0.4 is 5.32 Å². The van der Waals surface area contributed by atoms with Gasteiger partial charge in [0.2, 0.25) is 0 Å². The lowest BCUT2D eigenvalue weighted by molar-refractivity contribution is -0.153. The Labute approximate surface area is 225 Å². The summed E-state index contributed by atoms with van der Waals surface area (Å²) in [6.45, 7) is 5.63. The van der Waals surface area contributed by atoms with Gasteiger partial charge in [0.15, 0.2) is 6.10 Å². The van der Waals surface area contributed by atoms with Crippen LogP contribution in [0.4, 0.5) is 4.39 Å². The molecule has 3 aromatic carbocycles. The van der Waals surface area contributed by atoms with Gasteiger partial charge in [0.1, 0.15) is 16.5 Å². The Balaban J connectivity index is 1.60. The molecule has 1 aromatic heterocycles. The number of nitrogens with zero attached hydrogens (tertiary/aromatic N) is 1. The summed E-state index contributed by atoms with van der Waals surface area (Å²) in [5.41, 5.74) is 4.43. The lowest BCUT2D eigenvalue weighted by Gasteiger charge is -2.18. The highest BCUT2D eigenvalue weighted by atomic mass is 32.1. The molecular formula is C30H29FN2O4S. The molecule has 0 saturated carbocycles. The zero-order valence-corrected chi connectivity index (χ0v) is 22.2. The van der Waals surface area contributed by atoms with Crippen molar-refractivity contribution in [1.29, 1.82) is 0 Å². The maximum atomic E-state index is 13.6. The van der Waals surface area contributed by atoms with Crippen LogP contribution in [0.3, 0.4) is 0 Å². The molecule has 6 nitrogen and oxygen atoms in total. The lowest BCUT2D eigenvalue weighted by atomic mass is 9.95. The van der Waals surface area contributed by atoms with Crippen molar-refractivity contribution in [3.63, 3.8) is 0 Å². The summed E-state index contributed by atoms with van der Waals surface area (Å²) < 4.78 is 19.1. The van der Waals surface area contributed by atoms with Gasteiger partial charge in [-0.05, 0) is 55.2 Å². The van der Waals surface area contributed by atoms with Crippen LogP contribution in [0.1, 0.15) is 40.3 Å². The fourth-order valence-electron chi connectivity index (χ4n) is 4.14. The number of carboxylic acid groups (broad SMARTS) is 1. The molecule has 1 atom stereocenters. The summed E-state index contributed by atoms with van der Waals surface area (Å²) in [7, 11) is 0. The highest BCUT2D eigenvalue weighted by Gasteiger charge is 2.21. The first-order valence-corrected chi connectivity index (χ1v) is 13.1. The van der Waals surface area contributed by atoms with E-state index in [1.165, 1.54) is 23.5 Å². The van der Waals surface area contributed by atoms with Crippen LogP contribution in [0.25, 0.3) is 21.7 Å². The van der Waals surface area contributed by atoms with E-state index in [-0.39, 0.29) is 30.8 Å². The molecule has 4 rings (SSSR count). The molecule has 0 aliphatic rings. The number of aryl methyl sites for hydroxylation is 1. The number of carbonyl (C=O) groups is 2. The molecule has 0 aliphatic heterocycles. The predicted octanol–water partition coefficient (Wildman–Crippen LogP) is 6.28. The highest BCUT2D eigenvalue weighted by Crippen LogP contribution is 2.29. The van der Waals surface area contributed by atoms with Crippen molar-refractivity contribution in [2.45, 2.75) is 45.9 Å². The fraction of sp³-hybridized carbons (Fsp3) is 0.233. The quantitative estimate of drug-likeness (QED) is 0.251. The van der Waals surface area contributed by atoms with Crippen LogP contribution in [0.2, 0.25) is 0 Å². The SMILES string of the molecule is Cc1sc(-c2ccccc2)nc1C(=O)NCc1cc(CC(OC(C)C)C(=O)O)ccc1-c1ccc(F)cc1. The Hall–Kier alpha value is -3.88. The maximum Gasteiger partial charge on any atom is 0.333 e. The van der Waals surface area contributed by atoms with Crippen LogP contribution in [0.5, 0.6) is 0 Å². The van der Waals surface area contributed by atoms with E-state index in [1.807, 2.05) is 55.5 Å². The minimum atomic E-state index is -1.04. The maximum absolute atomic E-state index is 13.6. The van der Waals surface area contributed by atoms with Crippen LogP contribution in [-0.2, 0) is 22.5 Å². The third kappa shape index (κ3) is 6.70. The molecule has 0 aliphatic carbocycles. The van der Waals surface area contributed by atoms with Crippen LogP contribution in [-0.4, -0.2) is 34.2 Å². The summed E-state index contributed by atoms with van der Waals surface area (Å²) in [6.07, 6.45) is -1.07. The summed E-state index contributed by atoms with van der Waals surface area (Å²) in [4.78, 5) is 30.2. The third-order valence-corrected chi connectivity index (χ3v) is 6.95. The molecule has 0 fully saturated rings. The Morgan fingerprint density at radius 2 is 1.74 bits per heavy atom. The molecule has 8 heteroatoms. The average molecular weight is 533 g/mol. The molecule has 1 amide bonds. The molecule has 4 aromatic rings. The van der Waals surface area contributed by atoms with E-state index < -0.39 is 12.1 Å². The predicted molar refractivity (Wildman–Crippen MR) is 147 cm³/mol. The number of benzene rings is 3. The molecular weight excluding hydrogens is 503 g/mol. The number of halogens is 1. The second-order valence-electron chi connectivity index (χ2n) is 9.19. The molecule has 196 valence electrons. The smallest absolute Gasteiger partial charge is 0.333 e. The Bertz CT molecular complexity index is 1420. The van der Waals surface area contributed by atoms with Gasteiger partial charge in [-0.2, -0.15) is 0 Å². The minimum absolute atomic E-state index is 0.170. The average Bonchev–Trinajstić information content (AvgIpc) is 3.29. The normalized spacial score (nSPS) is 11.9. The molecule has 0 spiro atoms. The molecule has 0 radical (unpaired) electrons. The molecule has 1 heterocycles. The number of aliphatic carboxylic acids is 1. The van der Waals surface area contributed by atoms with Gasteiger partial charge < -0.3 is 15.2 Å². The van der Waals surface area contributed by atoms with Crippen molar-refractivity contribution < 1.29 is 23.8 Å². The van der Waals surface area contributed by atoms with E-state index in [0.29, 0.717) is 5.69 Å². The second-order valence-corrected chi connectivity index (χ2v) is 10.4. The van der Waals surface area contributed by atoms with E-state index in [2.05, 4.69) is 10.3 Å². The van der Waals surface area contributed by atoms with E-state index >= 15 is 0 Å². The van der Waals surface area contributed by atoms with Gasteiger partial charge in [0.05, 0.1) is 6.10 Å². The van der Waals surface area contributed by atoms with Crippen molar-refractivity contribution >= 4 is 23.2 Å². The van der Waals surface area contributed by atoms with Crippen molar-refractivity contribution in [3.05, 3.63) is 100 Å². The van der Waals surface area contributed by atoms with Crippen molar-refractivity contribution in [1.82, 2.24) is 10.3 Å². The number of thiazole rings is 1. The minimum Gasteiger partial charge on any atom is -0.479 e. The number of rotatable bonds is 10. The van der Waals surface area contributed by atoms with Gasteiger partial charge in [0.25, 0.3) is 5.91 Å². The largest absolute Gasteiger partial charge is 0.479 e. The summed E-state index contributed by atoms with van der Waals surface area (Å²) in [6, 6.07) is 21.4. The van der Waals surface area contributed by atoms with Gasteiger partial charge in [-0.15, -0.1) is 11.3 Å². The van der Waals surface area contributed by atoms with Gasteiger partial charge in [-0.3, -0.25) is 4.79 Å². The highest BCUT2D eigenvalue weighted by molar-refractivity contribution is 7.15. The van der Waals surface area contributed by atoms with Gasteiger partial charge in [-0.1, -0.05) is 60.7 Å². The number of aromatic nitrogens is 1. The molecule has 0 saturated heterocycles. The Morgan fingerprint density at radius 3 is 2.39 bits per heavy atom. The molecule has 38 heavy (non-hydrogen) atoms. The van der Waals surface area contributed by atoms with Crippen LogP contribution in [0.15, 0.2) is 72.8 Å².